The second kappa shape index (κ2) is 8.85. The van der Waals surface area contributed by atoms with Gasteiger partial charge in [-0.3, -0.25) is 19.3 Å². The molecule has 1 heterocycles. The average molecular weight is 430 g/mol. The third kappa shape index (κ3) is 4.34. The number of para-hydroxylation sites is 1. The van der Waals surface area contributed by atoms with Crippen LogP contribution >= 0.6 is 12.2 Å². The van der Waals surface area contributed by atoms with Crippen molar-refractivity contribution in [3.05, 3.63) is 78.4 Å². The van der Waals surface area contributed by atoms with Gasteiger partial charge < -0.3 is 5.32 Å². The number of carbonyl (C=O) groups is 3. The highest BCUT2D eigenvalue weighted by Gasteiger charge is 2.38. The van der Waals surface area contributed by atoms with Crippen LogP contribution in [0.1, 0.15) is 5.56 Å². The van der Waals surface area contributed by atoms with E-state index < -0.39 is 17.7 Å². The van der Waals surface area contributed by atoms with Crippen molar-refractivity contribution in [3.8, 4) is 0 Å². The fraction of sp³-hybridized carbons (Fsp3) is 0.0870. The van der Waals surface area contributed by atoms with E-state index in [4.69, 9.17) is 12.2 Å². The van der Waals surface area contributed by atoms with Gasteiger partial charge in [0.05, 0.1) is 12.1 Å². The molecule has 0 aliphatic carbocycles. The Hall–Kier alpha value is -3.91. The van der Waals surface area contributed by atoms with Crippen LogP contribution in [-0.2, 0) is 20.8 Å². The average Bonchev–Trinajstić information content (AvgIpc) is 2.77. The summed E-state index contributed by atoms with van der Waals surface area (Å²) in [5.41, 5.74) is 3.79. The summed E-state index contributed by atoms with van der Waals surface area (Å²) in [6.45, 7) is 0. The number of nitrogens with one attached hydrogen (secondary N) is 2. The van der Waals surface area contributed by atoms with Gasteiger partial charge in [-0.2, -0.15) is 5.10 Å². The third-order valence-corrected chi connectivity index (χ3v) is 5.14. The molecule has 0 spiro atoms. The largest absolute Gasteiger partial charge is 0.301 e. The highest BCUT2D eigenvalue weighted by atomic mass is 32.1. The van der Waals surface area contributed by atoms with Gasteiger partial charge in [0.2, 0.25) is 11.8 Å². The molecular weight excluding hydrogens is 412 g/mol. The fourth-order valence-electron chi connectivity index (χ4n) is 3.39. The molecule has 1 atom stereocenters. The van der Waals surface area contributed by atoms with Gasteiger partial charge >= 0.3 is 0 Å². The predicted molar refractivity (Wildman–Crippen MR) is 122 cm³/mol. The summed E-state index contributed by atoms with van der Waals surface area (Å²) in [4.78, 5) is 38.7. The summed E-state index contributed by atoms with van der Waals surface area (Å²) >= 11 is 5.14. The highest BCUT2D eigenvalue weighted by Crippen LogP contribution is 2.20. The van der Waals surface area contributed by atoms with E-state index in [1.807, 2.05) is 48.5 Å². The summed E-state index contributed by atoms with van der Waals surface area (Å²) in [5.74, 6) is -2.68. The van der Waals surface area contributed by atoms with Gasteiger partial charge in [-0.25, -0.2) is 5.43 Å². The SMILES string of the molecule is O=C(Cc1cccc2ccccc12)N/N=C/C1C(=O)NC(=S)N(c2ccccc2)C1=O. The van der Waals surface area contributed by atoms with E-state index in [1.54, 1.807) is 24.3 Å². The Kier molecular flexibility index (Phi) is 5.81. The quantitative estimate of drug-likeness (QED) is 0.282. The second-order valence-corrected chi connectivity index (χ2v) is 7.30. The first-order valence-electron chi connectivity index (χ1n) is 9.57. The number of benzene rings is 3. The van der Waals surface area contributed by atoms with E-state index in [9.17, 15) is 14.4 Å². The first-order valence-corrected chi connectivity index (χ1v) is 9.98. The minimum atomic E-state index is -1.20. The van der Waals surface area contributed by atoms with Crippen molar-refractivity contribution in [2.45, 2.75) is 6.42 Å². The summed E-state index contributed by atoms with van der Waals surface area (Å²) in [7, 11) is 0. The van der Waals surface area contributed by atoms with Crippen LogP contribution in [0.5, 0.6) is 0 Å². The number of rotatable bonds is 5. The Bertz CT molecular complexity index is 1200. The number of hydrogen-bond acceptors (Lipinski definition) is 5. The lowest BCUT2D eigenvalue weighted by atomic mass is 10.0. The zero-order valence-electron chi connectivity index (χ0n) is 16.3. The van der Waals surface area contributed by atoms with E-state index in [0.29, 0.717) is 5.69 Å². The predicted octanol–water partition coefficient (Wildman–Crippen LogP) is 2.55. The van der Waals surface area contributed by atoms with Crippen LogP contribution in [0.3, 0.4) is 0 Å². The maximum absolute atomic E-state index is 12.8. The van der Waals surface area contributed by atoms with Gasteiger partial charge in [0.25, 0.3) is 5.91 Å². The van der Waals surface area contributed by atoms with Crippen LogP contribution in [0.4, 0.5) is 5.69 Å². The normalized spacial score (nSPS) is 16.6. The van der Waals surface area contributed by atoms with E-state index in [1.165, 1.54) is 4.90 Å². The summed E-state index contributed by atoms with van der Waals surface area (Å²) in [6.07, 6.45) is 1.24. The van der Waals surface area contributed by atoms with E-state index in [0.717, 1.165) is 22.6 Å². The van der Waals surface area contributed by atoms with E-state index in [2.05, 4.69) is 15.8 Å². The van der Waals surface area contributed by atoms with Crippen molar-refractivity contribution < 1.29 is 14.4 Å². The molecule has 2 N–H and O–H groups in total. The molecular formula is C23H18N4O3S. The number of anilines is 1. The van der Waals surface area contributed by atoms with Crippen LogP contribution in [0.15, 0.2) is 77.9 Å². The molecule has 0 aromatic heterocycles. The molecule has 3 aromatic carbocycles. The molecule has 1 aliphatic heterocycles. The summed E-state index contributed by atoms with van der Waals surface area (Å²) < 4.78 is 0. The first kappa shape index (κ1) is 20.4. The number of fused-ring (bicyclic) bond motifs is 1. The fourth-order valence-corrected chi connectivity index (χ4v) is 3.68. The Morgan fingerprint density at radius 1 is 1.03 bits per heavy atom. The van der Waals surface area contributed by atoms with E-state index in [-0.39, 0.29) is 17.4 Å². The number of hydrazone groups is 1. The summed E-state index contributed by atoms with van der Waals surface area (Å²) in [5, 5.41) is 8.38. The molecule has 1 saturated heterocycles. The van der Waals surface area contributed by atoms with Crippen molar-refractivity contribution in [1.82, 2.24) is 10.7 Å². The lowest BCUT2D eigenvalue weighted by molar-refractivity contribution is -0.130. The van der Waals surface area contributed by atoms with Crippen molar-refractivity contribution in [3.63, 3.8) is 0 Å². The minimum absolute atomic E-state index is 0.00541. The van der Waals surface area contributed by atoms with E-state index >= 15 is 0 Å². The van der Waals surface area contributed by atoms with Crippen molar-refractivity contribution in [1.29, 1.82) is 0 Å². The number of thiocarbonyl (C=S) groups is 1. The van der Waals surface area contributed by atoms with Crippen LogP contribution in [-0.4, -0.2) is 29.0 Å². The van der Waals surface area contributed by atoms with Crippen LogP contribution in [0.2, 0.25) is 0 Å². The molecule has 31 heavy (non-hydrogen) atoms. The standard InChI is InChI=1S/C23H18N4O3S/c28-20(13-16-9-6-8-15-7-4-5-12-18(15)16)26-24-14-19-21(29)25-23(31)27(22(19)30)17-10-2-1-3-11-17/h1-12,14,19H,13H2,(H,26,28)(H,25,29,31)/b24-14+. The zero-order valence-corrected chi connectivity index (χ0v) is 17.1. The van der Waals surface area contributed by atoms with Gasteiger partial charge in [-0.1, -0.05) is 60.7 Å². The second-order valence-electron chi connectivity index (χ2n) is 6.91. The molecule has 1 aliphatic rings. The smallest absolute Gasteiger partial charge is 0.251 e. The third-order valence-electron chi connectivity index (χ3n) is 4.86. The number of carbonyl (C=O) groups excluding carboxylic acids is 3. The molecule has 0 bridgehead atoms. The van der Waals surface area contributed by atoms with Crippen LogP contribution < -0.4 is 15.6 Å². The molecule has 0 saturated carbocycles. The van der Waals surface area contributed by atoms with Crippen LogP contribution in [0.25, 0.3) is 10.8 Å². The Balaban J connectivity index is 1.45. The lowest BCUT2D eigenvalue weighted by Gasteiger charge is -2.30. The molecule has 154 valence electrons. The maximum Gasteiger partial charge on any atom is 0.251 e. The highest BCUT2D eigenvalue weighted by molar-refractivity contribution is 7.80. The molecule has 8 heteroatoms. The Labute approximate surface area is 183 Å². The lowest BCUT2D eigenvalue weighted by Crippen LogP contribution is -2.58. The number of hydrogen-bond donors (Lipinski definition) is 2. The zero-order chi connectivity index (χ0) is 21.8. The van der Waals surface area contributed by atoms with Crippen molar-refractivity contribution in [2.75, 3.05) is 4.90 Å². The van der Waals surface area contributed by atoms with Gasteiger partial charge in [0.15, 0.2) is 11.0 Å². The molecule has 1 unspecified atom stereocenters. The molecule has 1 fully saturated rings. The topological polar surface area (TPSA) is 90.9 Å². The Morgan fingerprint density at radius 2 is 1.74 bits per heavy atom. The van der Waals surface area contributed by atoms with Crippen molar-refractivity contribution in [2.24, 2.45) is 11.0 Å². The summed E-state index contributed by atoms with van der Waals surface area (Å²) in [6, 6.07) is 22.3. The molecule has 3 amide bonds. The van der Waals surface area contributed by atoms with Gasteiger partial charge in [0, 0.05) is 6.21 Å². The molecule has 0 radical (unpaired) electrons. The minimum Gasteiger partial charge on any atom is -0.301 e. The first-order chi connectivity index (χ1) is 15.0. The molecule has 3 aromatic rings. The molecule has 4 rings (SSSR count). The van der Waals surface area contributed by atoms with Gasteiger partial charge in [0.1, 0.15) is 0 Å². The monoisotopic (exact) mass is 430 g/mol. The van der Waals surface area contributed by atoms with Crippen molar-refractivity contribution >= 4 is 57.7 Å². The molecule has 7 nitrogen and oxygen atoms in total. The van der Waals surface area contributed by atoms with Gasteiger partial charge in [-0.15, -0.1) is 0 Å². The van der Waals surface area contributed by atoms with Crippen LogP contribution in [0, 0.1) is 5.92 Å². The number of amides is 3. The van der Waals surface area contributed by atoms with Gasteiger partial charge in [-0.05, 0) is 40.7 Å². The maximum atomic E-state index is 12.8. The Morgan fingerprint density at radius 3 is 2.55 bits per heavy atom. The number of nitrogens with zero attached hydrogens (tertiary/aromatic N) is 2.